The van der Waals surface area contributed by atoms with Crippen molar-refractivity contribution >= 4 is 40.1 Å². The Kier molecular flexibility index (Phi) is 3.44. The number of imide groups is 1. The normalized spacial score (nSPS) is 19.2. The molecule has 0 aromatic heterocycles. The number of anilines is 1. The molecule has 0 atom stereocenters. The maximum absolute atomic E-state index is 13.0. The van der Waals surface area contributed by atoms with Crippen molar-refractivity contribution in [3.63, 3.8) is 0 Å². The molecule has 1 heterocycles. The van der Waals surface area contributed by atoms with Gasteiger partial charge in [0.15, 0.2) is 0 Å². The number of carbonyl (C=O) groups is 2. The van der Waals surface area contributed by atoms with Gasteiger partial charge in [-0.25, -0.2) is 9.29 Å². The van der Waals surface area contributed by atoms with E-state index in [2.05, 4.69) is 0 Å². The minimum Gasteiger partial charge on any atom is -0.274 e. The number of hydrogen-bond donors (Lipinski definition) is 0. The van der Waals surface area contributed by atoms with Gasteiger partial charge in [0.1, 0.15) is 5.82 Å². The van der Waals surface area contributed by atoms with E-state index in [-0.39, 0.29) is 23.0 Å². The Bertz CT molecular complexity index is 508. The third-order valence-electron chi connectivity index (χ3n) is 2.91. The van der Waals surface area contributed by atoms with Crippen LogP contribution in [0.3, 0.4) is 0 Å². The van der Waals surface area contributed by atoms with Gasteiger partial charge in [-0.15, -0.1) is 0 Å². The molecule has 96 valence electrons. The summed E-state index contributed by atoms with van der Waals surface area (Å²) < 4.78 is 13.6. The molecule has 18 heavy (non-hydrogen) atoms. The molecule has 1 saturated heterocycles. The van der Waals surface area contributed by atoms with E-state index in [0.29, 0.717) is 22.1 Å². The van der Waals surface area contributed by atoms with Gasteiger partial charge < -0.3 is 0 Å². The van der Waals surface area contributed by atoms with Gasteiger partial charge in [0.05, 0.1) is 5.69 Å². The van der Waals surface area contributed by atoms with E-state index in [4.69, 9.17) is 0 Å². The molecule has 0 saturated carbocycles. The number of nitrogens with zero attached hydrogens (tertiary/aromatic N) is 1. The highest BCUT2D eigenvalue weighted by Crippen LogP contribution is 2.35. The Hall–Kier alpha value is -0.980. The fourth-order valence-electron chi connectivity index (χ4n) is 2.11. The first-order valence-corrected chi connectivity index (χ1v) is 6.69. The Balaban J connectivity index is 2.39. The topological polar surface area (TPSA) is 37.4 Å². The summed E-state index contributed by atoms with van der Waals surface area (Å²) in [6, 6.07) is 4.05. The highest BCUT2D eigenvalue weighted by atomic mass is 127. The van der Waals surface area contributed by atoms with E-state index in [0.717, 1.165) is 0 Å². The monoisotopic (exact) mass is 361 g/mol. The Morgan fingerprint density at radius 3 is 2.28 bits per heavy atom. The number of hydrogen-bond acceptors (Lipinski definition) is 2. The molecule has 3 nitrogen and oxygen atoms in total. The van der Waals surface area contributed by atoms with Gasteiger partial charge in [-0.3, -0.25) is 9.59 Å². The van der Waals surface area contributed by atoms with Crippen LogP contribution in [0.1, 0.15) is 26.7 Å². The molecule has 5 heteroatoms. The molecular weight excluding hydrogens is 348 g/mol. The standard InChI is InChI=1S/C13H13FINO2/c1-13(2)6-11(17)16(12(18)7-13)10-4-3-8(14)5-9(10)15/h3-5H,6-7H2,1-2H3. The largest absolute Gasteiger partial charge is 0.274 e. The minimum absolute atomic E-state index is 0.222. The molecule has 1 aromatic carbocycles. The van der Waals surface area contributed by atoms with Gasteiger partial charge in [-0.2, -0.15) is 0 Å². The number of amides is 2. The van der Waals surface area contributed by atoms with Crippen LogP contribution in [0, 0.1) is 14.8 Å². The lowest BCUT2D eigenvalue weighted by molar-refractivity contribution is -0.132. The Morgan fingerprint density at radius 1 is 1.22 bits per heavy atom. The second kappa shape index (κ2) is 4.60. The molecule has 1 aliphatic heterocycles. The number of benzene rings is 1. The molecular formula is C13H13FINO2. The van der Waals surface area contributed by atoms with Crippen LogP contribution in [0.25, 0.3) is 0 Å². The predicted octanol–water partition coefficient (Wildman–Crippen LogP) is 3.11. The van der Waals surface area contributed by atoms with Crippen molar-refractivity contribution in [1.29, 1.82) is 0 Å². The van der Waals surface area contributed by atoms with Gasteiger partial charge in [0, 0.05) is 16.4 Å². The molecule has 1 aliphatic rings. The first-order chi connectivity index (χ1) is 8.30. The third kappa shape index (κ3) is 2.55. The number of carbonyl (C=O) groups excluding carboxylic acids is 2. The fourth-order valence-corrected chi connectivity index (χ4v) is 2.83. The van der Waals surface area contributed by atoms with Crippen molar-refractivity contribution in [3.05, 3.63) is 27.6 Å². The smallest absolute Gasteiger partial charge is 0.234 e. The minimum atomic E-state index is -0.375. The van der Waals surface area contributed by atoms with Crippen LogP contribution in [0.5, 0.6) is 0 Å². The summed E-state index contributed by atoms with van der Waals surface area (Å²) in [7, 11) is 0. The van der Waals surface area contributed by atoms with Crippen LogP contribution < -0.4 is 4.90 Å². The average molecular weight is 361 g/mol. The zero-order valence-corrected chi connectivity index (χ0v) is 12.3. The van der Waals surface area contributed by atoms with Crippen molar-refractivity contribution in [3.8, 4) is 0 Å². The molecule has 0 bridgehead atoms. The van der Waals surface area contributed by atoms with Gasteiger partial charge in [-0.05, 0) is 46.2 Å². The maximum Gasteiger partial charge on any atom is 0.234 e. The summed E-state index contributed by atoms with van der Waals surface area (Å²) in [5.41, 5.74) is 0.179. The quantitative estimate of drug-likeness (QED) is 0.570. The van der Waals surface area contributed by atoms with Crippen LogP contribution in [0.2, 0.25) is 0 Å². The fraction of sp³-hybridized carbons (Fsp3) is 0.385. The number of halogens is 2. The van der Waals surface area contributed by atoms with E-state index >= 15 is 0 Å². The summed E-state index contributed by atoms with van der Waals surface area (Å²) in [6.45, 7) is 3.80. The first kappa shape index (κ1) is 13.5. The lowest BCUT2D eigenvalue weighted by Gasteiger charge is -2.35. The molecule has 0 radical (unpaired) electrons. The second-order valence-electron chi connectivity index (χ2n) is 5.24. The highest BCUT2D eigenvalue weighted by Gasteiger charge is 2.38. The van der Waals surface area contributed by atoms with Crippen molar-refractivity contribution in [2.24, 2.45) is 5.41 Å². The molecule has 0 spiro atoms. The summed E-state index contributed by atoms with van der Waals surface area (Å²) >= 11 is 1.93. The maximum atomic E-state index is 13.0. The van der Waals surface area contributed by atoms with Crippen LogP contribution >= 0.6 is 22.6 Å². The Morgan fingerprint density at radius 2 is 1.78 bits per heavy atom. The van der Waals surface area contributed by atoms with Crippen LogP contribution in [-0.2, 0) is 9.59 Å². The number of piperidine rings is 1. The van der Waals surface area contributed by atoms with E-state index < -0.39 is 0 Å². The molecule has 2 rings (SSSR count). The summed E-state index contributed by atoms with van der Waals surface area (Å²) in [6.07, 6.45) is 0.651. The summed E-state index contributed by atoms with van der Waals surface area (Å²) in [5.74, 6) is -0.818. The molecule has 1 fully saturated rings. The van der Waals surface area contributed by atoms with Gasteiger partial charge in [0.2, 0.25) is 11.8 Å². The molecule has 0 N–H and O–H groups in total. The molecule has 0 aliphatic carbocycles. The van der Waals surface area contributed by atoms with E-state index in [1.165, 1.54) is 23.1 Å². The van der Waals surface area contributed by atoms with Crippen LogP contribution in [0.4, 0.5) is 10.1 Å². The van der Waals surface area contributed by atoms with E-state index in [9.17, 15) is 14.0 Å². The van der Waals surface area contributed by atoms with Crippen molar-refractivity contribution < 1.29 is 14.0 Å². The molecule has 2 amide bonds. The first-order valence-electron chi connectivity index (χ1n) is 5.61. The highest BCUT2D eigenvalue weighted by molar-refractivity contribution is 14.1. The van der Waals surface area contributed by atoms with Gasteiger partial charge in [-0.1, -0.05) is 13.8 Å². The van der Waals surface area contributed by atoms with Crippen molar-refractivity contribution in [1.82, 2.24) is 0 Å². The molecule has 0 unspecified atom stereocenters. The lowest BCUT2D eigenvalue weighted by Crippen LogP contribution is -2.46. The van der Waals surface area contributed by atoms with E-state index in [1.54, 1.807) is 0 Å². The SMILES string of the molecule is CC1(C)CC(=O)N(c2ccc(F)cc2I)C(=O)C1. The third-order valence-corrected chi connectivity index (χ3v) is 3.77. The van der Waals surface area contributed by atoms with Crippen LogP contribution in [0.15, 0.2) is 18.2 Å². The van der Waals surface area contributed by atoms with Crippen molar-refractivity contribution in [2.45, 2.75) is 26.7 Å². The zero-order valence-electron chi connectivity index (χ0n) is 10.2. The van der Waals surface area contributed by atoms with Crippen LogP contribution in [-0.4, -0.2) is 11.8 Å². The second-order valence-corrected chi connectivity index (χ2v) is 6.40. The number of rotatable bonds is 1. The van der Waals surface area contributed by atoms with Gasteiger partial charge >= 0.3 is 0 Å². The summed E-state index contributed by atoms with van der Waals surface area (Å²) in [5, 5.41) is 0. The van der Waals surface area contributed by atoms with Crippen molar-refractivity contribution in [2.75, 3.05) is 4.90 Å². The van der Waals surface area contributed by atoms with E-state index in [1.807, 2.05) is 36.4 Å². The molecule has 1 aromatic rings. The predicted molar refractivity (Wildman–Crippen MR) is 74.6 cm³/mol. The summed E-state index contributed by atoms with van der Waals surface area (Å²) in [4.78, 5) is 25.3. The lowest BCUT2D eigenvalue weighted by atomic mass is 9.81. The average Bonchev–Trinajstić information content (AvgIpc) is 2.18. The van der Waals surface area contributed by atoms with Gasteiger partial charge in [0.25, 0.3) is 0 Å². The Labute approximate surface area is 118 Å². The zero-order chi connectivity index (χ0) is 13.5.